The van der Waals surface area contributed by atoms with Crippen LogP contribution in [0, 0.1) is 0 Å². The summed E-state index contributed by atoms with van der Waals surface area (Å²) in [6, 6.07) is 15.6. The number of ether oxygens (including phenoxy) is 3. The lowest BCUT2D eigenvalue weighted by atomic mass is 10.2. The fourth-order valence-corrected chi connectivity index (χ4v) is 3.55. The summed E-state index contributed by atoms with van der Waals surface area (Å²) in [5, 5.41) is 3.53. The maximum Gasteiger partial charge on any atom is 0.255 e. The van der Waals surface area contributed by atoms with Crippen molar-refractivity contribution >= 4 is 34.8 Å². The maximum absolute atomic E-state index is 12.8. The number of hydrogen-bond donors (Lipinski definition) is 1. The van der Waals surface area contributed by atoms with Gasteiger partial charge in [-0.3, -0.25) is 4.79 Å². The molecule has 2 aromatic carbocycles. The summed E-state index contributed by atoms with van der Waals surface area (Å²) in [7, 11) is 0. The molecule has 0 radical (unpaired) electrons. The zero-order chi connectivity index (χ0) is 21.6. The van der Waals surface area contributed by atoms with Gasteiger partial charge >= 0.3 is 0 Å². The van der Waals surface area contributed by atoms with Gasteiger partial charge in [0.2, 0.25) is 5.88 Å². The van der Waals surface area contributed by atoms with Crippen LogP contribution in [0.1, 0.15) is 23.2 Å². The van der Waals surface area contributed by atoms with Crippen molar-refractivity contribution in [2.45, 2.75) is 18.9 Å². The quantitative estimate of drug-likeness (QED) is 0.470. The standard InChI is InChI=1S/C23H20Cl2N2O4/c24-16-12-19(25)23(26-13-16)31-21-9-2-1-8-20(21)27-22(28)15-5-3-6-17(11-15)30-14-18-7-4-10-29-18/h1-3,5-6,8-9,11-13,18H,4,7,10,14H2,(H,27,28). The molecule has 1 unspecified atom stereocenters. The number of benzene rings is 2. The van der Waals surface area contributed by atoms with Crippen LogP contribution in [0.15, 0.2) is 60.8 Å². The Morgan fingerprint density at radius 3 is 2.84 bits per heavy atom. The van der Waals surface area contributed by atoms with Gasteiger partial charge in [0.05, 0.1) is 16.8 Å². The third kappa shape index (κ3) is 5.67. The van der Waals surface area contributed by atoms with E-state index >= 15 is 0 Å². The molecule has 8 heteroatoms. The number of amides is 1. The summed E-state index contributed by atoms with van der Waals surface area (Å²) in [5.74, 6) is 0.911. The number of anilines is 1. The van der Waals surface area contributed by atoms with E-state index in [0.29, 0.717) is 34.4 Å². The lowest BCUT2D eigenvalue weighted by molar-refractivity contribution is 0.0679. The van der Waals surface area contributed by atoms with Crippen LogP contribution in [-0.4, -0.2) is 30.2 Å². The van der Waals surface area contributed by atoms with E-state index in [1.54, 1.807) is 42.5 Å². The van der Waals surface area contributed by atoms with E-state index in [-0.39, 0.29) is 22.9 Å². The van der Waals surface area contributed by atoms with Gasteiger partial charge in [-0.05, 0) is 49.2 Å². The molecule has 4 rings (SSSR count). The van der Waals surface area contributed by atoms with Crippen LogP contribution in [0.3, 0.4) is 0 Å². The first kappa shape index (κ1) is 21.4. The molecule has 160 valence electrons. The molecule has 1 atom stereocenters. The van der Waals surface area contributed by atoms with Gasteiger partial charge in [0, 0.05) is 18.4 Å². The zero-order valence-corrected chi connectivity index (χ0v) is 18.0. The first-order valence-electron chi connectivity index (χ1n) is 9.82. The summed E-state index contributed by atoms with van der Waals surface area (Å²) in [4.78, 5) is 16.9. The lowest BCUT2D eigenvalue weighted by Gasteiger charge is -2.14. The molecule has 1 aromatic heterocycles. The van der Waals surface area contributed by atoms with Gasteiger partial charge in [0.1, 0.15) is 17.4 Å². The summed E-state index contributed by atoms with van der Waals surface area (Å²) < 4.78 is 17.2. The topological polar surface area (TPSA) is 69.7 Å². The van der Waals surface area contributed by atoms with E-state index in [2.05, 4.69) is 10.3 Å². The number of nitrogens with one attached hydrogen (secondary N) is 1. The van der Waals surface area contributed by atoms with Crippen LogP contribution in [0.4, 0.5) is 5.69 Å². The minimum absolute atomic E-state index is 0.106. The van der Waals surface area contributed by atoms with Gasteiger partial charge < -0.3 is 19.5 Å². The van der Waals surface area contributed by atoms with E-state index < -0.39 is 0 Å². The van der Waals surface area contributed by atoms with Crippen LogP contribution in [0.25, 0.3) is 0 Å². The molecule has 6 nitrogen and oxygen atoms in total. The summed E-state index contributed by atoms with van der Waals surface area (Å²) in [6.07, 6.45) is 3.58. The molecule has 1 aliphatic rings. The number of rotatable bonds is 7. The number of aromatic nitrogens is 1. The predicted octanol–water partition coefficient (Wildman–Crippen LogP) is 5.99. The van der Waals surface area contributed by atoms with Crippen LogP contribution in [0.2, 0.25) is 10.0 Å². The van der Waals surface area contributed by atoms with Gasteiger partial charge in [-0.1, -0.05) is 41.4 Å². The number of pyridine rings is 1. The molecule has 1 amide bonds. The van der Waals surface area contributed by atoms with E-state index in [4.69, 9.17) is 37.4 Å². The van der Waals surface area contributed by atoms with E-state index in [9.17, 15) is 4.79 Å². The van der Waals surface area contributed by atoms with Crippen molar-refractivity contribution in [1.29, 1.82) is 0 Å². The largest absolute Gasteiger partial charge is 0.491 e. The number of carbonyl (C=O) groups excluding carboxylic acids is 1. The molecule has 0 aliphatic carbocycles. The smallest absolute Gasteiger partial charge is 0.255 e. The van der Waals surface area contributed by atoms with Crippen molar-refractivity contribution in [3.63, 3.8) is 0 Å². The highest BCUT2D eigenvalue weighted by atomic mass is 35.5. The summed E-state index contributed by atoms with van der Waals surface area (Å²) in [6.45, 7) is 1.24. The number of nitrogens with zero attached hydrogens (tertiary/aromatic N) is 1. The Bertz CT molecular complexity index is 1070. The minimum Gasteiger partial charge on any atom is -0.491 e. The molecule has 1 aliphatic heterocycles. The monoisotopic (exact) mass is 458 g/mol. The van der Waals surface area contributed by atoms with E-state index in [1.807, 2.05) is 6.07 Å². The Balaban J connectivity index is 1.45. The van der Waals surface area contributed by atoms with Crippen LogP contribution in [-0.2, 0) is 4.74 Å². The Labute approximate surface area is 190 Å². The SMILES string of the molecule is O=C(Nc1ccccc1Oc1ncc(Cl)cc1Cl)c1cccc(OCC2CCCO2)c1. The van der Waals surface area contributed by atoms with E-state index in [0.717, 1.165) is 19.4 Å². The van der Waals surface area contributed by atoms with Crippen molar-refractivity contribution in [3.8, 4) is 17.4 Å². The second-order valence-electron chi connectivity index (χ2n) is 6.97. The highest BCUT2D eigenvalue weighted by molar-refractivity contribution is 6.35. The number of hydrogen-bond acceptors (Lipinski definition) is 5. The highest BCUT2D eigenvalue weighted by Gasteiger charge is 2.17. The van der Waals surface area contributed by atoms with Crippen molar-refractivity contribution in [1.82, 2.24) is 4.98 Å². The normalized spacial score (nSPS) is 15.5. The molecule has 1 fully saturated rings. The second kappa shape index (κ2) is 10.0. The molecule has 31 heavy (non-hydrogen) atoms. The molecular formula is C23H20Cl2N2O4. The number of carbonyl (C=O) groups is 1. The van der Waals surface area contributed by atoms with Gasteiger partial charge in [-0.2, -0.15) is 0 Å². The predicted molar refractivity (Wildman–Crippen MR) is 120 cm³/mol. The summed E-state index contributed by atoms with van der Waals surface area (Å²) in [5.41, 5.74) is 0.938. The highest BCUT2D eigenvalue weighted by Crippen LogP contribution is 2.33. The maximum atomic E-state index is 12.8. The fourth-order valence-electron chi connectivity index (χ4n) is 3.13. The molecule has 3 aromatic rings. The fraction of sp³-hybridized carbons (Fsp3) is 0.217. The van der Waals surface area contributed by atoms with Crippen LogP contribution < -0.4 is 14.8 Å². The molecule has 0 bridgehead atoms. The van der Waals surface area contributed by atoms with Crippen molar-refractivity contribution < 1.29 is 19.0 Å². The first-order valence-corrected chi connectivity index (χ1v) is 10.6. The molecular weight excluding hydrogens is 439 g/mol. The molecule has 1 saturated heterocycles. The molecule has 1 N–H and O–H groups in total. The number of para-hydroxylation sites is 2. The lowest BCUT2D eigenvalue weighted by Crippen LogP contribution is -2.17. The molecule has 0 saturated carbocycles. The third-order valence-electron chi connectivity index (χ3n) is 4.67. The van der Waals surface area contributed by atoms with E-state index in [1.165, 1.54) is 12.3 Å². The summed E-state index contributed by atoms with van der Waals surface area (Å²) >= 11 is 12.0. The Morgan fingerprint density at radius 1 is 1.16 bits per heavy atom. The van der Waals surface area contributed by atoms with Crippen molar-refractivity contribution in [2.75, 3.05) is 18.5 Å². The Hall–Kier alpha value is -2.80. The molecule has 2 heterocycles. The second-order valence-corrected chi connectivity index (χ2v) is 7.81. The zero-order valence-electron chi connectivity index (χ0n) is 16.5. The van der Waals surface area contributed by atoms with Gasteiger partial charge in [-0.15, -0.1) is 0 Å². The number of halogens is 2. The minimum atomic E-state index is -0.297. The van der Waals surface area contributed by atoms with Gasteiger partial charge in [0.15, 0.2) is 5.75 Å². The van der Waals surface area contributed by atoms with Gasteiger partial charge in [-0.25, -0.2) is 4.98 Å². The van der Waals surface area contributed by atoms with Crippen LogP contribution in [0.5, 0.6) is 17.4 Å². The third-order valence-corrected chi connectivity index (χ3v) is 5.15. The average Bonchev–Trinajstić information content (AvgIpc) is 3.29. The van der Waals surface area contributed by atoms with Crippen molar-refractivity contribution in [3.05, 3.63) is 76.4 Å². The molecule has 0 spiro atoms. The van der Waals surface area contributed by atoms with Crippen molar-refractivity contribution in [2.24, 2.45) is 0 Å². The van der Waals surface area contributed by atoms with Crippen LogP contribution >= 0.6 is 23.2 Å². The Kier molecular flexibility index (Phi) is 6.92. The Morgan fingerprint density at radius 2 is 2.03 bits per heavy atom. The average molecular weight is 459 g/mol. The van der Waals surface area contributed by atoms with Gasteiger partial charge in [0.25, 0.3) is 5.91 Å². The first-order chi connectivity index (χ1) is 15.1.